The van der Waals surface area contributed by atoms with Gasteiger partial charge in [0.25, 0.3) is 0 Å². The Morgan fingerprint density at radius 1 is 1.06 bits per heavy atom. The molecular formula is C13H20N2O. The van der Waals surface area contributed by atoms with E-state index >= 15 is 0 Å². The van der Waals surface area contributed by atoms with E-state index < -0.39 is 0 Å². The number of likely N-dealkylation sites (N-methyl/N-ethyl adjacent to an activating group) is 2. The van der Waals surface area contributed by atoms with Crippen LogP contribution in [0, 0.1) is 6.92 Å². The van der Waals surface area contributed by atoms with Crippen LogP contribution in [0.4, 0.5) is 11.4 Å². The maximum atomic E-state index is 9.80. The van der Waals surface area contributed by atoms with Crippen LogP contribution in [-0.4, -0.2) is 31.3 Å². The van der Waals surface area contributed by atoms with Gasteiger partial charge in [0.1, 0.15) is 5.75 Å². The second-order valence-electron chi connectivity index (χ2n) is 4.29. The molecule has 1 aromatic rings. The Morgan fingerprint density at radius 2 is 1.56 bits per heavy atom. The number of aryl methyl sites for hydroxylation is 1. The number of hydrogen-bond donors (Lipinski definition) is 1. The summed E-state index contributed by atoms with van der Waals surface area (Å²) in [6.07, 6.45) is 0. The smallest absolute Gasteiger partial charge is 0.120 e. The largest absolute Gasteiger partial charge is 0.508 e. The van der Waals surface area contributed by atoms with E-state index in [1.54, 1.807) is 0 Å². The SMILES string of the molecule is CCN1CCN(CC)c2cc(O)c(C)cc21. The van der Waals surface area contributed by atoms with Crippen LogP contribution in [-0.2, 0) is 0 Å². The highest BCUT2D eigenvalue weighted by Crippen LogP contribution is 2.37. The minimum Gasteiger partial charge on any atom is -0.508 e. The minimum absolute atomic E-state index is 0.398. The first kappa shape index (κ1) is 11.1. The van der Waals surface area contributed by atoms with E-state index in [2.05, 4.69) is 29.7 Å². The Kier molecular flexibility index (Phi) is 2.95. The van der Waals surface area contributed by atoms with E-state index in [4.69, 9.17) is 0 Å². The molecule has 1 aliphatic heterocycles. The zero-order chi connectivity index (χ0) is 11.7. The summed E-state index contributed by atoms with van der Waals surface area (Å²) in [4.78, 5) is 4.69. The number of fused-ring (bicyclic) bond motifs is 1. The fourth-order valence-electron chi connectivity index (χ4n) is 2.32. The van der Waals surface area contributed by atoms with Crippen LogP contribution in [0.3, 0.4) is 0 Å². The summed E-state index contributed by atoms with van der Waals surface area (Å²) < 4.78 is 0. The van der Waals surface area contributed by atoms with Crippen LogP contribution in [0.5, 0.6) is 5.75 Å². The molecule has 0 unspecified atom stereocenters. The van der Waals surface area contributed by atoms with Gasteiger partial charge < -0.3 is 14.9 Å². The molecule has 1 aliphatic rings. The van der Waals surface area contributed by atoms with Gasteiger partial charge in [-0.2, -0.15) is 0 Å². The van der Waals surface area contributed by atoms with Crippen molar-refractivity contribution in [3.8, 4) is 5.75 Å². The summed E-state index contributed by atoms with van der Waals surface area (Å²) in [6, 6.07) is 3.99. The van der Waals surface area contributed by atoms with Gasteiger partial charge in [-0.15, -0.1) is 0 Å². The highest BCUT2D eigenvalue weighted by molar-refractivity contribution is 5.76. The van der Waals surface area contributed by atoms with E-state index in [-0.39, 0.29) is 0 Å². The van der Waals surface area contributed by atoms with Gasteiger partial charge >= 0.3 is 0 Å². The van der Waals surface area contributed by atoms with Crippen molar-refractivity contribution in [2.75, 3.05) is 36.0 Å². The molecule has 16 heavy (non-hydrogen) atoms. The predicted molar refractivity (Wildman–Crippen MR) is 68.6 cm³/mol. The lowest BCUT2D eigenvalue weighted by molar-refractivity contribution is 0.470. The molecule has 1 heterocycles. The fraction of sp³-hybridized carbons (Fsp3) is 0.538. The third kappa shape index (κ3) is 1.70. The number of hydrogen-bond acceptors (Lipinski definition) is 3. The molecule has 0 saturated heterocycles. The molecule has 0 spiro atoms. The average molecular weight is 220 g/mol. The van der Waals surface area contributed by atoms with Crippen molar-refractivity contribution in [1.29, 1.82) is 0 Å². The van der Waals surface area contributed by atoms with Crippen LogP contribution in [0.15, 0.2) is 12.1 Å². The third-order valence-corrected chi connectivity index (χ3v) is 3.38. The summed E-state index contributed by atoms with van der Waals surface area (Å²) in [7, 11) is 0. The van der Waals surface area contributed by atoms with Gasteiger partial charge in [-0.05, 0) is 32.4 Å². The number of phenols is 1. The van der Waals surface area contributed by atoms with Crippen molar-refractivity contribution in [2.24, 2.45) is 0 Å². The lowest BCUT2D eigenvalue weighted by Gasteiger charge is -2.38. The Labute approximate surface area is 97.3 Å². The number of nitrogens with zero attached hydrogens (tertiary/aromatic N) is 2. The lowest BCUT2D eigenvalue weighted by Crippen LogP contribution is -2.40. The van der Waals surface area contributed by atoms with Crippen LogP contribution < -0.4 is 9.80 Å². The molecule has 0 amide bonds. The Balaban J connectivity index is 2.50. The lowest BCUT2D eigenvalue weighted by atomic mass is 10.1. The summed E-state index contributed by atoms with van der Waals surface area (Å²) in [5, 5.41) is 9.80. The van der Waals surface area contributed by atoms with Crippen LogP contribution >= 0.6 is 0 Å². The van der Waals surface area contributed by atoms with E-state index in [0.717, 1.165) is 31.7 Å². The highest BCUT2D eigenvalue weighted by Gasteiger charge is 2.21. The zero-order valence-corrected chi connectivity index (χ0v) is 10.3. The normalized spacial score (nSPS) is 15.2. The van der Waals surface area contributed by atoms with E-state index in [1.165, 1.54) is 11.4 Å². The first-order valence-electron chi connectivity index (χ1n) is 6.00. The first-order chi connectivity index (χ1) is 7.67. The van der Waals surface area contributed by atoms with E-state index in [9.17, 15) is 5.11 Å². The quantitative estimate of drug-likeness (QED) is 0.829. The molecule has 88 valence electrons. The molecule has 3 heteroatoms. The third-order valence-electron chi connectivity index (χ3n) is 3.38. The maximum Gasteiger partial charge on any atom is 0.120 e. The van der Waals surface area contributed by atoms with Crippen LogP contribution in [0.2, 0.25) is 0 Å². The van der Waals surface area contributed by atoms with Crippen molar-refractivity contribution in [1.82, 2.24) is 0 Å². The summed E-state index contributed by atoms with van der Waals surface area (Å²) in [5.41, 5.74) is 3.37. The van der Waals surface area contributed by atoms with Crippen molar-refractivity contribution in [2.45, 2.75) is 20.8 Å². The number of phenolic OH excluding ortho intramolecular Hbond substituents is 1. The highest BCUT2D eigenvalue weighted by atomic mass is 16.3. The van der Waals surface area contributed by atoms with Crippen molar-refractivity contribution >= 4 is 11.4 Å². The number of anilines is 2. The number of rotatable bonds is 2. The molecule has 3 nitrogen and oxygen atoms in total. The average Bonchev–Trinajstić information content (AvgIpc) is 2.29. The summed E-state index contributed by atoms with van der Waals surface area (Å²) in [6.45, 7) is 10.4. The maximum absolute atomic E-state index is 9.80. The Hall–Kier alpha value is -1.38. The summed E-state index contributed by atoms with van der Waals surface area (Å²) in [5.74, 6) is 0.398. The van der Waals surface area contributed by atoms with Gasteiger partial charge in [0.2, 0.25) is 0 Å². The molecule has 0 aliphatic carbocycles. The van der Waals surface area contributed by atoms with Gasteiger partial charge in [0.05, 0.1) is 11.4 Å². The molecule has 1 aromatic carbocycles. The first-order valence-corrected chi connectivity index (χ1v) is 6.00. The van der Waals surface area contributed by atoms with Crippen molar-refractivity contribution < 1.29 is 5.11 Å². The van der Waals surface area contributed by atoms with Gasteiger partial charge in [-0.25, -0.2) is 0 Å². The van der Waals surface area contributed by atoms with Crippen LogP contribution in [0.25, 0.3) is 0 Å². The molecule has 2 rings (SSSR count). The molecule has 0 aromatic heterocycles. The second-order valence-corrected chi connectivity index (χ2v) is 4.29. The minimum atomic E-state index is 0.398. The van der Waals surface area contributed by atoms with Gasteiger partial charge in [0, 0.05) is 32.2 Å². The fourth-order valence-corrected chi connectivity index (χ4v) is 2.32. The van der Waals surface area contributed by atoms with Gasteiger partial charge in [-0.3, -0.25) is 0 Å². The van der Waals surface area contributed by atoms with Crippen molar-refractivity contribution in [3.05, 3.63) is 17.7 Å². The Bertz CT molecular complexity index is 353. The molecule has 0 radical (unpaired) electrons. The molecule has 0 bridgehead atoms. The topological polar surface area (TPSA) is 26.7 Å². The van der Waals surface area contributed by atoms with Crippen LogP contribution in [0.1, 0.15) is 19.4 Å². The van der Waals surface area contributed by atoms with Crippen molar-refractivity contribution in [3.63, 3.8) is 0 Å². The predicted octanol–water partition coefficient (Wildman–Crippen LogP) is 2.37. The standard InChI is InChI=1S/C13H20N2O/c1-4-14-6-7-15(5-2)12-9-13(16)10(3)8-11(12)14/h8-9,16H,4-7H2,1-3H3. The Morgan fingerprint density at radius 3 is 2.06 bits per heavy atom. The molecule has 1 N–H and O–H groups in total. The monoisotopic (exact) mass is 220 g/mol. The summed E-state index contributed by atoms with van der Waals surface area (Å²) >= 11 is 0. The second kappa shape index (κ2) is 4.24. The number of benzene rings is 1. The number of aromatic hydroxyl groups is 1. The van der Waals surface area contributed by atoms with Gasteiger partial charge in [-0.1, -0.05) is 0 Å². The van der Waals surface area contributed by atoms with E-state index in [0.29, 0.717) is 5.75 Å². The van der Waals surface area contributed by atoms with Gasteiger partial charge in [0.15, 0.2) is 0 Å². The zero-order valence-electron chi connectivity index (χ0n) is 10.3. The molecule has 0 atom stereocenters. The molecule has 0 fully saturated rings. The molecular weight excluding hydrogens is 200 g/mol. The molecule has 0 saturated carbocycles. The van der Waals surface area contributed by atoms with E-state index in [1.807, 2.05) is 13.0 Å².